The number of hydrogen-bond donors (Lipinski definition) is 1. The summed E-state index contributed by atoms with van der Waals surface area (Å²) in [5.74, 6) is 0.366. The Morgan fingerprint density at radius 2 is 1.75 bits per heavy atom. The number of rotatable bonds is 4. The quantitative estimate of drug-likeness (QED) is 0.612. The van der Waals surface area contributed by atoms with E-state index in [9.17, 15) is 26.4 Å². The van der Waals surface area contributed by atoms with Gasteiger partial charge in [-0.25, -0.2) is 13.1 Å². The standard InChI is InChI=1S/C15H20F3NO4S/c16-15(17,18)24(21,22)19-11-3-5-12(6-4-11)23-14(20)13-8-9-1-2-10(13)7-9/h1-2,9-13,19H,3-8H2. The molecule has 0 heterocycles. The minimum atomic E-state index is -5.32. The fraction of sp³-hybridized carbons (Fsp3) is 0.800. The van der Waals surface area contributed by atoms with Crippen molar-refractivity contribution in [2.45, 2.75) is 56.2 Å². The summed E-state index contributed by atoms with van der Waals surface area (Å²) >= 11 is 0. The molecule has 3 aliphatic carbocycles. The highest BCUT2D eigenvalue weighted by Crippen LogP contribution is 2.44. The van der Waals surface area contributed by atoms with Crippen LogP contribution in [0.1, 0.15) is 38.5 Å². The van der Waals surface area contributed by atoms with E-state index in [1.165, 1.54) is 0 Å². The van der Waals surface area contributed by atoms with Crippen molar-refractivity contribution in [1.29, 1.82) is 0 Å². The van der Waals surface area contributed by atoms with Crippen LogP contribution < -0.4 is 4.72 Å². The van der Waals surface area contributed by atoms with Crippen LogP contribution in [0.3, 0.4) is 0 Å². The number of ether oxygens (including phenoxy) is 1. The van der Waals surface area contributed by atoms with Gasteiger partial charge in [0.25, 0.3) is 0 Å². The zero-order valence-electron chi connectivity index (χ0n) is 13.0. The van der Waals surface area contributed by atoms with Crippen LogP contribution in [0.4, 0.5) is 13.2 Å². The first-order valence-corrected chi connectivity index (χ1v) is 9.61. The number of sulfonamides is 1. The van der Waals surface area contributed by atoms with Gasteiger partial charge in [-0.05, 0) is 50.4 Å². The number of hydrogen-bond acceptors (Lipinski definition) is 4. The van der Waals surface area contributed by atoms with Gasteiger partial charge in [0, 0.05) is 6.04 Å². The van der Waals surface area contributed by atoms with Gasteiger partial charge in [0.1, 0.15) is 6.10 Å². The minimum Gasteiger partial charge on any atom is -0.462 e. The van der Waals surface area contributed by atoms with E-state index < -0.39 is 21.6 Å². The van der Waals surface area contributed by atoms with E-state index in [0.717, 1.165) is 12.8 Å². The van der Waals surface area contributed by atoms with Gasteiger partial charge in [-0.2, -0.15) is 13.2 Å². The van der Waals surface area contributed by atoms with E-state index in [-0.39, 0.29) is 36.8 Å². The number of esters is 1. The van der Waals surface area contributed by atoms with Gasteiger partial charge in [0.15, 0.2) is 0 Å². The highest BCUT2D eigenvalue weighted by Gasteiger charge is 2.47. The number of fused-ring (bicyclic) bond motifs is 2. The molecule has 9 heteroatoms. The minimum absolute atomic E-state index is 0.110. The molecule has 2 fully saturated rings. The van der Waals surface area contributed by atoms with Crippen molar-refractivity contribution in [3.63, 3.8) is 0 Å². The molecule has 3 aliphatic rings. The van der Waals surface area contributed by atoms with Crippen molar-refractivity contribution < 1.29 is 31.1 Å². The van der Waals surface area contributed by atoms with E-state index in [1.54, 1.807) is 4.72 Å². The van der Waals surface area contributed by atoms with Crippen molar-refractivity contribution in [3.8, 4) is 0 Å². The number of halogens is 3. The molecule has 5 nitrogen and oxygen atoms in total. The largest absolute Gasteiger partial charge is 0.511 e. The van der Waals surface area contributed by atoms with Gasteiger partial charge in [-0.1, -0.05) is 12.2 Å². The lowest BCUT2D eigenvalue weighted by atomic mass is 9.92. The molecule has 0 aromatic carbocycles. The van der Waals surface area contributed by atoms with Crippen LogP contribution in [0.15, 0.2) is 12.2 Å². The lowest BCUT2D eigenvalue weighted by molar-refractivity contribution is -0.156. The second kappa shape index (κ2) is 6.33. The number of allylic oxidation sites excluding steroid dienone is 2. The average molecular weight is 367 g/mol. The molecular formula is C15H20F3NO4S. The molecule has 24 heavy (non-hydrogen) atoms. The smallest absolute Gasteiger partial charge is 0.462 e. The van der Waals surface area contributed by atoms with Crippen molar-refractivity contribution >= 4 is 16.0 Å². The van der Waals surface area contributed by atoms with Crippen LogP contribution in [0.2, 0.25) is 0 Å². The molecule has 3 rings (SSSR count). The summed E-state index contributed by atoms with van der Waals surface area (Å²) in [7, 11) is -5.32. The molecule has 0 aliphatic heterocycles. The van der Waals surface area contributed by atoms with Crippen LogP contribution >= 0.6 is 0 Å². The third-order valence-electron chi connectivity index (χ3n) is 5.17. The Labute approximate surface area is 138 Å². The number of alkyl halides is 3. The lowest BCUT2D eigenvalue weighted by Crippen LogP contribution is -2.45. The molecule has 3 atom stereocenters. The molecule has 0 amide bonds. The van der Waals surface area contributed by atoms with Crippen LogP contribution in [0.25, 0.3) is 0 Å². The molecule has 0 spiro atoms. The Hall–Kier alpha value is -1.09. The summed E-state index contributed by atoms with van der Waals surface area (Å²) in [4.78, 5) is 12.2. The lowest BCUT2D eigenvalue weighted by Gasteiger charge is -2.30. The van der Waals surface area contributed by atoms with Gasteiger partial charge in [-0.15, -0.1) is 0 Å². The van der Waals surface area contributed by atoms with Crippen LogP contribution in [0.5, 0.6) is 0 Å². The van der Waals surface area contributed by atoms with Gasteiger partial charge >= 0.3 is 21.5 Å². The Bertz CT molecular complexity index is 623. The zero-order valence-corrected chi connectivity index (χ0v) is 13.8. The van der Waals surface area contributed by atoms with E-state index in [0.29, 0.717) is 18.8 Å². The van der Waals surface area contributed by atoms with Gasteiger partial charge in [0.05, 0.1) is 5.92 Å². The van der Waals surface area contributed by atoms with E-state index in [2.05, 4.69) is 12.2 Å². The van der Waals surface area contributed by atoms with E-state index >= 15 is 0 Å². The van der Waals surface area contributed by atoms with E-state index in [4.69, 9.17) is 4.74 Å². The molecular weight excluding hydrogens is 347 g/mol. The molecule has 0 aromatic rings. The highest BCUT2D eigenvalue weighted by atomic mass is 32.2. The maximum atomic E-state index is 12.4. The monoisotopic (exact) mass is 367 g/mol. The molecule has 0 saturated heterocycles. The average Bonchev–Trinajstić information content (AvgIpc) is 3.10. The predicted molar refractivity (Wildman–Crippen MR) is 79.1 cm³/mol. The first-order chi connectivity index (χ1) is 11.2. The maximum absolute atomic E-state index is 12.4. The van der Waals surface area contributed by atoms with Crippen LogP contribution in [0, 0.1) is 17.8 Å². The zero-order chi connectivity index (χ0) is 17.5. The molecule has 2 saturated carbocycles. The molecule has 136 valence electrons. The topological polar surface area (TPSA) is 72.5 Å². The third-order valence-corrected chi connectivity index (χ3v) is 6.42. The van der Waals surface area contributed by atoms with Crippen molar-refractivity contribution in [2.75, 3.05) is 0 Å². The Morgan fingerprint density at radius 1 is 1.08 bits per heavy atom. The fourth-order valence-electron chi connectivity index (χ4n) is 3.89. The predicted octanol–water partition coefficient (Wildman–Crippen LogP) is 2.49. The molecule has 0 aromatic heterocycles. The van der Waals surface area contributed by atoms with Gasteiger partial charge in [0.2, 0.25) is 0 Å². The first-order valence-electron chi connectivity index (χ1n) is 8.13. The normalized spacial score (nSPS) is 36.0. The number of nitrogens with one attached hydrogen (secondary N) is 1. The van der Waals surface area contributed by atoms with Crippen LogP contribution in [-0.2, 0) is 19.6 Å². The van der Waals surface area contributed by atoms with Crippen molar-refractivity contribution in [1.82, 2.24) is 4.72 Å². The maximum Gasteiger partial charge on any atom is 0.511 e. The van der Waals surface area contributed by atoms with Gasteiger partial charge < -0.3 is 4.74 Å². The first kappa shape index (κ1) is 17.7. The molecule has 2 bridgehead atoms. The Morgan fingerprint density at radius 3 is 2.25 bits per heavy atom. The fourth-order valence-corrected chi connectivity index (χ4v) is 4.70. The summed E-state index contributed by atoms with van der Waals surface area (Å²) in [6.45, 7) is 0. The molecule has 0 radical (unpaired) electrons. The summed E-state index contributed by atoms with van der Waals surface area (Å²) in [6.07, 6.45) is 6.84. The second-order valence-electron chi connectivity index (χ2n) is 6.86. The Kier molecular flexibility index (Phi) is 4.67. The SMILES string of the molecule is O=C(OC1CCC(NS(=O)(=O)C(F)(F)F)CC1)C1CC2C=CC1C2. The molecule has 3 unspecified atom stereocenters. The molecule has 1 N–H and O–H groups in total. The summed E-state index contributed by atoms with van der Waals surface area (Å²) in [5, 5.41) is 0. The second-order valence-corrected chi connectivity index (χ2v) is 8.57. The number of carbonyl (C=O) groups excluding carboxylic acids is 1. The van der Waals surface area contributed by atoms with Crippen molar-refractivity contribution in [3.05, 3.63) is 12.2 Å². The number of carbonyl (C=O) groups is 1. The van der Waals surface area contributed by atoms with Crippen LogP contribution in [-0.4, -0.2) is 32.0 Å². The van der Waals surface area contributed by atoms with E-state index in [1.807, 2.05) is 0 Å². The van der Waals surface area contributed by atoms with Crippen molar-refractivity contribution in [2.24, 2.45) is 17.8 Å². The third kappa shape index (κ3) is 3.61. The summed E-state index contributed by atoms with van der Waals surface area (Å²) < 4.78 is 66.5. The summed E-state index contributed by atoms with van der Waals surface area (Å²) in [6, 6.07) is -0.767. The summed E-state index contributed by atoms with van der Waals surface area (Å²) in [5.41, 5.74) is -5.30. The Balaban J connectivity index is 1.46. The highest BCUT2D eigenvalue weighted by molar-refractivity contribution is 7.90. The van der Waals surface area contributed by atoms with Gasteiger partial charge in [-0.3, -0.25) is 4.79 Å².